The normalized spacial score (nSPS) is 11.8. The maximum atomic E-state index is 13.1. The highest BCUT2D eigenvalue weighted by molar-refractivity contribution is 6.44. The topological polar surface area (TPSA) is 111 Å². The largest absolute Gasteiger partial charge is 0.479 e. The number of fused-ring (bicyclic) bond motifs is 1. The number of hydrogen-bond donors (Lipinski definition) is 2. The molecule has 0 saturated carbocycles. The summed E-state index contributed by atoms with van der Waals surface area (Å²) in [6, 6.07) is 21.4. The molecule has 0 bridgehead atoms. The van der Waals surface area contributed by atoms with Crippen molar-refractivity contribution in [2.45, 2.75) is 39.2 Å². The second-order valence-corrected chi connectivity index (χ2v) is 8.49. The van der Waals surface area contributed by atoms with Gasteiger partial charge in [-0.15, -0.1) is 0 Å². The number of ether oxygens (including phenoxy) is 1. The summed E-state index contributed by atoms with van der Waals surface area (Å²) >= 11 is 0. The van der Waals surface area contributed by atoms with Gasteiger partial charge in [-0.2, -0.15) is 0 Å². The van der Waals surface area contributed by atoms with E-state index in [1.807, 2.05) is 59.9 Å². The van der Waals surface area contributed by atoms with E-state index in [1.165, 1.54) is 0 Å². The number of aromatic nitrogens is 1. The van der Waals surface area contributed by atoms with E-state index in [2.05, 4.69) is 6.07 Å². The van der Waals surface area contributed by atoms with Crippen LogP contribution in [0.15, 0.2) is 72.9 Å². The van der Waals surface area contributed by atoms with Crippen LogP contribution in [0.3, 0.4) is 0 Å². The lowest BCUT2D eigenvalue weighted by atomic mass is 9.94. The summed E-state index contributed by atoms with van der Waals surface area (Å²) in [4.78, 5) is 36.8. The van der Waals surface area contributed by atoms with Gasteiger partial charge in [0.1, 0.15) is 5.75 Å². The van der Waals surface area contributed by atoms with Crippen molar-refractivity contribution in [3.05, 3.63) is 95.3 Å². The molecule has 36 heavy (non-hydrogen) atoms. The predicted molar refractivity (Wildman–Crippen MR) is 137 cm³/mol. The van der Waals surface area contributed by atoms with E-state index in [0.29, 0.717) is 23.9 Å². The van der Waals surface area contributed by atoms with Gasteiger partial charge in [0.2, 0.25) is 0 Å². The number of aliphatic carboxylic acids is 1. The Hall–Kier alpha value is -4.39. The van der Waals surface area contributed by atoms with Crippen LogP contribution in [0.1, 0.15) is 47.4 Å². The maximum Gasteiger partial charge on any atom is 0.344 e. The van der Waals surface area contributed by atoms with E-state index in [9.17, 15) is 19.5 Å². The number of carbonyl (C=O) groups excluding carboxylic acids is 2. The molecule has 1 unspecified atom stereocenters. The Morgan fingerprint density at radius 2 is 1.67 bits per heavy atom. The molecule has 3 N–H and O–H groups in total. The smallest absolute Gasteiger partial charge is 0.344 e. The van der Waals surface area contributed by atoms with Gasteiger partial charge in [-0.3, -0.25) is 9.59 Å². The van der Waals surface area contributed by atoms with E-state index in [4.69, 9.17) is 10.5 Å². The van der Waals surface area contributed by atoms with Gasteiger partial charge in [-0.25, -0.2) is 4.79 Å². The molecule has 0 radical (unpaired) electrons. The molecule has 4 rings (SSSR count). The standard InChI is InChI=1S/C29H28N2O5/c1-3-20-22(17-19-13-8-9-14-21(19)18-11-6-5-7-12-18)31-16-10-15-24(36-23(4-2)29(34)35)26(31)25(20)27(32)28(30)33/h5-16,23H,3-4,17H2,1-2H3,(H2,30,33)(H,34,35). The summed E-state index contributed by atoms with van der Waals surface area (Å²) in [5.41, 5.74) is 10.6. The Morgan fingerprint density at radius 1 is 0.972 bits per heavy atom. The van der Waals surface area contributed by atoms with Gasteiger partial charge in [0.05, 0.1) is 11.1 Å². The quantitative estimate of drug-likeness (QED) is 0.251. The fraction of sp³-hybridized carbons (Fsp3) is 0.207. The molecule has 2 aromatic carbocycles. The predicted octanol–water partition coefficient (Wildman–Crippen LogP) is 4.67. The second kappa shape index (κ2) is 10.5. The van der Waals surface area contributed by atoms with Crippen molar-refractivity contribution in [1.29, 1.82) is 0 Å². The number of ketones is 1. The van der Waals surface area contributed by atoms with E-state index >= 15 is 0 Å². The van der Waals surface area contributed by atoms with Crippen LogP contribution in [0, 0.1) is 0 Å². The Balaban J connectivity index is 1.96. The number of nitrogens with two attached hydrogens (primary N) is 1. The summed E-state index contributed by atoms with van der Waals surface area (Å²) in [6.45, 7) is 3.61. The van der Waals surface area contributed by atoms with Crippen LogP contribution in [-0.2, 0) is 22.4 Å². The third-order valence-corrected chi connectivity index (χ3v) is 6.31. The molecule has 1 atom stereocenters. The van der Waals surface area contributed by atoms with Crippen LogP contribution in [0.25, 0.3) is 16.6 Å². The molecule has 0 aliphatic carbocycles. The van der Waals surface area contributed by atoms with Crippen molar-refractivity contribution < 1.29 is 24.2 Å². The molecule has 0 saturated heterocycles. The lowest BCUT2D eigenvalue weighted by Crippen LogP contribution is -2.27. The summed E-state index contributed by atoms with van der Waals surface area (Å²) in [6.07, 6.45) is 1.86. The Kier molecular flexibility index (Phi) is 7.20. The molecular formula is C29H28N2O5. The highest BCUT2D eigenvalue weighted by atomic mass is 16.5. The molecule has 4 aromatic rings. The SMILES string of the molecule is CCc1c(C(=O)C(N)=O)c2c(OC(CC)C(=O)O)cccn2c1Cc1ccccc1-c1ccccc1. The first-order valence-corrected chi connectivity index (χ1v) is 11.9. The molecule has 1 amide bonds. The van der Waals surface area contributed by atoms with Crippen LogP contribution in [0.5, 0.6) is 5.75 Å². The Morgan fingerprint density at radius 3 is 2.31 bits per heavy atom. The fourth-order valence-electron chi connectivity index (χ4n) is 4.64. The summed E-state index contributed by atoms with van der Waals surface area (Å²) in [7, 11) is 0. The average molecular weight is 485 g/mol. The van der Waals surface area contributed by atoms with Crippen LogP contribution < -0.4 is 10.5 Å². The minimum Gasteiger partial charge on any atom is -0.479 e. The number of hydrogen-bond acceptors (Lipinski definition) is 4. The van der Waals surface area contributed by atoms with E-state index in [0.717, 1.165) is 22.4 Å². The minimum atomic E-state index is -1.11. The molecule has 0 aliphatic rings. The number of carboxylic acid groups (broad SMARTS) is 1. The van der Waals surface area contributed by atoms with Gasteiger partial charge < -0.3 is 20.0 Å². The van der Waals surface area contributed by atoms with Crippen LogP contribution >= 0.6 is 0 Å². The highest BCUT2D eigenvalue weighted by Gasteiger charge is 2.29. The van der Waals surface area contributed by atoms with Gasteiger partial charge in [-0.1, -0.05) is 68.4 Å². The number of primary amides is 1. The molecule has 184 valence electrons. The average Bonchev–Trinajstić information content (AvgIpc) is 3.21. The van der Waals surface area contributed by atoms with Gasteiger partial charge >= 0.3 is 5.97 Å². The second-order valence-electron chi connectivity index (χ2n) is 8.49. The van der Waals surface area contributed by atoms with Gasteiger partial charge in [0.25, 0.3) is 11.7 Å². The maximum absolute atomic E-state index is 13.1. The van der Waals surface area contributed by atoms with Crippen LogP contribution in [0.2, 0.25) is 0 Å². The Bertz CT molecular complexity index is 1440. The number of amides is 1. The zero-order valence-electron chi connectivity index (χ0n) is 20.2. The molecule has 2 heterocycles. The highest BCUT2D eigenvalue weighted by Crippen LogP contribution is 2.35. The van der Waals surface area contributed by atoms with Gasteiger partial charge in [-0.05, 0) is 47.2 Å². The molecule has 7 heteroatoms. The summed E-state index contributed by atoms with van der Waals surface area (Å²) in [5, 5.41) is 9.54. The third kappa shape index (κ3) is 4.60. The molecular weight excluding hydrogens is 456 g/mol. The first kappa shape index (κ1) is 24.7. The van der Waals surface area contributed by atoms with E-state index < -0.39 is 23.8 Å². The Labute approximate surface area is 209 Å². The first-order chi connectivity index (χ1) is 17.4. The van der Waals surface area contributed by atoms with Crippen LogP contribution in [0.4, 0.5) is 0 Å². The molecule has 0 aliphatic heterocycles. The van der Waals surface area contributed by atoms with Crippen molar-refractivity contribution in [1.82, 2.24) is 4.40 Å². The lowest BCUT2D eigenvalue weighted by Gasteiger charge is -2.15. The van der Waals surface area contributed by atoms with Crippen molar-refractivity contribution >= 4 is 23.2 Å². The number of pyridine rings is 1. The summed E-state index contributed by atoms with van der Waals surface area (Å²) < 4.78 is 7.66. The van der Waals surface area contributed by atoms with E-state index in [1.54, 1.807) is 25.3 Å². The molecule has 0 spiro atoms. The fourth-order valence-corrected chi connectivity index (χ4v) is 4.64. The number of carbonyl (C=O) groups is 3. The van der Waals surface area contributed by atoms with Gasteiger partial charge in [0, 0.05) is 18.3 Å². The van der Waals surface area contributed by atoms with E-state index in [-0.39, 0.29) is 17.7 Å². The first-order valence-electron chi connectivity index (χ1n) is 11.9. The zero-order valence-corrected chi connectivity index (χ0v) is 20.2. The third-order valence-electron chi connectivity index (χ3n) is 6.31. The molecule has 2 aromatic heterocycles. The number of Topliss-reactive ketones (excluding diaryl/α,β-unsaturated/α-hetero) is 1. The minimum absolute atomic E-state index is 0.160. The molecule has 0 fully saturated rings. The van der Waals surface area contributed by atoms with Crippen LogP contribution in [-0.4, -0.2) is 33.3 Å². The number of benzene rings is 2. The van der Waals surface area contributed by atoms with Gasteiger partial charge in [0.15, 0.2) is 6.10 Å². The molecule has 7 nitrogen and oxygen atoms in total. The monoisotopic (exact) mass is 484 g/mol. The zero-order chi connectivity index (χ0) is 25.8. The number of rotatable bonds is 10. The van der Waals surface area contributed by atoms with Crippen molar-refractivity contribution in [2.75, 3.05) is 0 Å². The van der Waals surface area contributed by atoms with Crippen molar-refractivity contribution in [3.8, 4) is 16.9 Å². The number of carboxylic acids is 1. The lowest BCUT2D eigenvalue weighted by molar-refractivity contribution is -0.145. The summed E-state index contributed by atoms with van der Waals surface area (Å²) in [5.74, 6) is -2.80. The van der Waals surface area contributed by atoms with Crippen molar-refractivity contribution in [2.24, 2.45) is 5.73 Å². The number of nitrogens with zero attached hydrogens (tertiary/aromatic N) is 1. The van der Waals surface area contributed by atoms with Crippen molar-refractivity contribution in [3.63, 3.8) is 0 Å².